The molecule has 0 unspecified atom stereocenters. The number of allylic oxidation sites excluding steroid dienone is 4. The van der Waals surface area contributed by atoms with Crippen LogP contribution in [0.3, 0.4) is 0 Å². The number of nitrogens with two attached hydrogens (primary N) is 1. The number of hydrogen-bond donors (Lipinski definition) is 2. The molecule has 0 aliphatic carbocycles. The molecule has 0 aliphatic rings. The summed E-state index contributed by atoms with van der Waals surface area (Å²) in [6.45, 7) is 2.10. The molecule has 0 spiro atoms. The molecule has 4 heterocycles. The van der Waals surface area contributed by atoms with Gasteiger partial charge in [0.05, 0.1) is 11.4 Å². The van der Waals surface area contributed by atoms with Gasteiger partial charge in [0.15, 0.2) is 11.5 Å². The number of nitrogens with zero attached hydrogens (tertiary/aromatic N) is 6. The molecule has 10 nitrogen and oxygen atoms in total. The van der Waals surface area contributed by atoms with Gasteiger partial charge in [-0.3, -0.25) is 14.3 Å². The first-order valence-electron chi connectivity index (χ1n) is 14.4. The fourth-order valence-electron chi connectivity index (χ4n) is 5.19. The van der Waals surface area contributed by atoms with Crippen LogP contribution in [0.2, 0.25) is 0 Å². The summed E-state index contributed by atoms with van der Waals surface area (Å²) in [7, 11) is 9.66. The number of fused-ring (bicyclic) bond motifs is 2. The standard InChI is InChI=1S/C31H30B4N8O2/c1-4-21(32)26(34)27(35)22(33)16-42-23(17(2)38-30(44)25-28(36)40-43-13-6-12-37-29(25)43)15-19-8-5-7-18(24(19)31(42)45)9-10-20-11-14-41(3)39-20/h1,5-8,11-15,17H,16,32-35H2,2-3H3,(H2,36,40)(H,38,44)/b26-21-,27-22-/t17-/m1/s1. The molecule has 14 heteroatoms. The van der Waals surface area contributed by atoms with Crippen LogP contribution in [0.25, 0.3) is 16.4 Å². The average Bonchev–Trinajstić information content (AvgIpc) is 3.60. The minimum atomic E-state index is -0.590. The van der Waals surface area contributed by atoms with Crippen molar-refractivity contribution in [2.24, 2.45) is 7.05 Å². The van der Waals surface area contributed by atoms with Crippen LogP contribution in [0.15, 0.2) is 81.7 Å². The minimum absolute atomic E-state index is 0.0611. The van der Waals surface area contributed by atoms with Gasteiger partial charge in [0.2, 0.25) is 0 Å². The number of amides is 1. The van der Waals surface area contributed by atoms with E-state index in [1.54, 1.807) is 27.7 Å². The Morgan fingerprint density at radius 2 is 1.87 bits per heavy atom. The van der Waals surface area contributed by atoms with Gasteiger partial charge in [0.1, 0.15) is 42.6 Å². The highest BCUT2D eigenvalue weighted by Gasteiger charge is 2.23. The van der Waals surface area contributed by atoms with Gasteiger partial charge in [-0.2, -0.15) is 5.10 Å². The monoisotopic (exact) mass is 590 g/mol. The van der Waals surface area contributed by atoms with Crippen LogP contribution in [0.5, 0.6) is 0 Å². The predicted octanol–water partition coefficient (Wildman–Crippen LogP) is -1.16. The quantitative estimate of drug-likeness (QED) is 0.146. The van der Waals surface area contributed by atoms with Crippen molar-refractivity contribution in [1.82, 2.24) is 34.3 Å². The molecule has 0 bridgehead atoms. The van der Waals surface area contributed by atoms with E-state index in [0.29, 0.717) is 33.4 Å². The third-order valence-electron chi connectivity index (χ3n) is 8.03. The third-order valence-corrected chi connectivity index (χ3v) is 8.03. The molecule has 45 heavy (non-hydrogen) atoms. The normalized spacial score (nSPS) is 12.9. The number of terminal acetylenes is 1. The number of carbonyl (C=O) groups excluding carboxylic acids is 1. The fraction of sp³-hybridized carbons (Fsp3) is 0.129. The van der Waals surface area contributed by atoms with Gasteiger partial charge in [-0.1, -0.05) is 34.9 Å². The number of nitrogen functional groups attached to an aromatic ring is 1. The molecule has 3 N–H and O–H groups in total. The lowest BCUT2D eigenvalue weighted by Crippen LogP contribution is -2.33. The van der Waals surface area contributed by atoms with E-state index in [2.05, 4.69) is 38.3 Å². The van der Waals surface area contributed by atoms with Crippen molar-refractivity contribution in [3.63, 3.8) is 0 Å². The molecule has 0 aliphatic heterocycles. The molecule has 0 saturated heterocycles. The summed E-state index contributed by atoms with van der Waals surface area (Å²) in [6, 6.07) is 10.4. The summed E-state index contributed by atoms with van der Waals surface area (Å²) in [6.07, 6.45) is 10.7. The summed E-state index contributed by atoms with van der Waals surface area (Å²) in [4.78, 5) is 32.2. The van der Waals surface area contributed by atoms with Crippen LogP contribution in [0.4, 0.5) is 5.82 Å². The van der Waals surface area contributed by atoms with E-state index < -0.39 is 11.9 Å². The first-order valence-corrected chi connectivity index (χ1v) is 14.4. The van der Waals surface area contributed by atoms with Gasteiger partial charge < -0.3 is 15.6 Å². The summed E-state index contributed by atoms with van der Waals surface area (Å²) >= 11 is 0. The Kier molecular flexibility index (Phi) is 8.60. The number of rotatable bonds is 6. The second-order valence-corrected chi connectivity index (χ2v) is 11.0. The van der Waals surface area contributed by atoms with Crippen molar-refractivity contribution < 1.29 is 4.79 Å². The maximum absolute atomic E-state index is 14.4. The molecule has 0 fully saturated rings. The Morgan fingerprint density at radius 3 is 2.58 bits per heavy atom. The van der Waals surface area contributed by atoms with Crippen molar-refractivity contribution in [2.75, 3.05) is 5.73 Å². The maximum Gasteiger partial charge on any atom is 0.260 e. The van der Waals surface area contributed by atoms with Gasteiger partial charge in [0, 0.05) is 43.4 Å². The summed E-state index contributed by atoms with van der Waals surface area (Å²) < 4.78 is 4.82. The summed E-state index contributed by atoms with van der Waals surface area (Å²) in [5, 5.41) is 12.7. The number of pyridine rings is 1. The number of benzene rings is 1. The van der Waals surface area contributed by atoms with E-state index in [1.165, 1.54) is 4.52 Å². The van der Waals surface area contributed by atoms with Crippen molar-refractivity contribution in [3.05, 3.63) is 110 Å². The van der Waals surface area contributed by atoms with Crippen molar-refractivity contribution in [1.29, 1.82) is 0 Å². The molecule has 5 aromatic rings. The Hall–Kier alpha value is -5.61. The number of aromatic nitrogens is 6. The van der Waals surface area contributed by atoms with Crippen LogP contribution in [0.1, 0.15) is 40.3 Å². The molecule has 5 rings (SSSR count). The van der Waals surface area contributed by atoms with Crippen LogP contribution in [-0.4, -0.2) is 66.2 Å². The second-order valence-electron chi connectivity index (χ2n) is 11.0. The van der Waals surface area contributed by atoms with E-state index in [4.69, 9.17) is 12.2 Å². The number of hydrogen-bond acceptors (Lipinski definition) is 6. The molecule has 4 aromatic heterocycles. The Labute approximate surface area is 264 Å². The number of anilines is 1. The van der Waals surface area contributed by atoms with Crippen LogP contribution in [0, 0.1) is 24.2 Å². The summed E-state index contributed by atoms with van der Waals surface area (Å²) in [5.74, 6) is 8.52. The number of nitrogens with one attached hydrogen (secondary N) is 1. The third kappa shape index (κ3) is 6.09. The molecular weight excluding hydrogens is 560 g/mol. The Bertz CT molecular complexity index is 2230. The second kappa shape index (κ2) is 12.6. The van der Waals surface area contributed by atoms with Crippen molar-refractivity contribution in [2.45, 2.75) is 19.5 Å². The van der Waals surface area contributed by atoms with E-state index in [9.17, 15) is 9.59 Å². The lowest BCUT2D eigenvalue weighted by atomic mass is 9.66. The average molecular weight is 590 g/mol. The maximum atomic E-state index is 14.4. The smallest absolute Gasteiger partial charge is 0.260 e. The lowest BCUT2D eigenvalue weighted by Gasteiger charge is -2.22. The lowest BCUT2D eigenvalue weighted by molar-refractivity contribution is 0.0940. The predicted molar refractivity (Wildman–Crippen MR) is 188 cm³/mol. The van der Waals surface area contributed by atoms with Crippen molar-refractivity contribution in [3.8, 4) is 24.2 Å². The van der Waals surface area contributed by atoms with Gasteiger partial charge >= 0.3 is 0 Å². The van der Waals surface area contributed by atoms with Crippen molar-refractivity contribution >= 4 is 59.5 Å². The van der Waals surface area contributed by atoms with Crippen LogP contribution >= 0.6 is 0 Å². The van der Waals surface area contributed by atoms with Crippen LogP contribution < -0.4 is 16.6 Å². The molecule has 0 saturated carbocycles. The van der Waals surface area contributed by atoms with Gasteiger partial charge in [0.25, 0.3) is 11.5 Å². The first-order chi connectivity index (χ1) is 21.5. The highest BCUT2D eigenvalue weighted by molar-refractivity contribution is 6.44. The molecule has 218 valence electrons. The SMILES string of the molecule is B/C(C#C)=C(B)/C(B)=C(/B)Cn1c([C@@H](C)NC(=O)c2c(N)nn3cccnc23)cc2cccc(C#Cc3ccn(C)n3)c2c1=O. The highest BCUT2D eigenvalue weighted by Crippen LogP contribution is 2.23. The van der Waals surface area contributed by atoms with E-state index in [1.807, 2.05) is 81.9 Å². The van der Waals surface area contributed by atoms with E-state index in [-0.39, 0.29) is 23.5 Å². The van der Waals surface area contributed by atoms with Gasteiger partial charge in [-0.05, 0) is 48.0 Å². The molecular formula is C31H30B4N8O2. The largest absolute Gasteiger partial charge is 0.381 e. The minimum Gasteiger partial charge on any atom is -0.381 e. The Morgan fingerprint density at radius 1 is 1.09 bits per heavy atom. The van der Waals surface area contributed by atoms with Crippen LogP contribution in [-0.2, 0) is 13.6 Å². The zero-order valence-electron chi connectivity index (χ0n) is 26.1. The van der Waals surface area contributed by atoms with E-state index in [0.717, 1.165) is 21.9 Å². The van der Waals surface area contributed by atoms with Gasteiger partial charge in [-0.25, -0.2) is 9.50 Å². The number of aryl methyl sites for hydroxylation is 1. The first kappa shape index (κ1) is 30.8. The molecule has 1 amide bonds. The molecule has 1 aromatic carbocycles. The zero-order chi connectivity index (χ0) is 32.4. The molecule has 1 atom stereocenters. The number of carbonyl (C=O) groups is 1. The highest BCUT2D eigenvalue weighted by atomic mass is 16.2. The van der Waals surface area contributed by atoms with E-state index >= 15 is 0 Å². The van der Waals surface area contributed by atoms with Gasteiger partial charge in [-0.15, -0.1) is 17.0 Å². The fourth-order valence-corrected chi connectivity index (χ4v) is 5.19. The zero-order valence-corrected chi connectivity index (χ0v) is 26.1. The topological polar surface area (TPSA) is 125 Å². The summed E-state index contributed by atoms with van der Waals surface area (Å²) in [5.41, 5.74) is 11.9. The molecule has 0 radical (unpaired) electrons. The Balaban J connectivity index is 1.65.